The number of hydrogen-bond donors (Lipinski definition) is 1. The summed E-state index contributed by atoms with van der Waals surface area (Å²) in [6.07, 6.45) is -3.49. The maximum atomic E-state index is 12.9. The average molecular weight is 279 g/mol. The zero-order valence-electron chi connectivity index (χ0n) is 10.6. The number of ether oxygens (including phenoxy) is 1. The Morgan fingerprint density at radius 3 is 2.58 bits per heavy atom. The normalized spacial score (nSPS) is 13.6. The molecule has 0 bridgehead atoms. The molecule has 0 heterocycles. The lowest BCUT2D eigenvalue weighted by Crippen LogP contribution is -2.26. The Balaban J connectivity index is 2.33. The summed E-state index contributed by atoms with van der Waals surface area (Å²) in [5, 5.41) is 0. The largest absolute Gasteiger partial charge is 0.411 e. The van der Waals surface area contributed by atoms with E-state index in [1.807, 2.05) is 0 Å². The molecule has 1 aromatic carbocycles. The van der Waals surface area contributed by atoms with Crippen LogP contribution in [0.3, 0.4) is 0 Å². The first-order valence-electron chi connectivity index (χ1n) is 5.93. The van der Waals surface area contributed by atoms with Gasteiger partial charge < -0.3 is 10.5 Å². The molecule has 0 radical (unpaired) electrons. The molecule has 108 valence electrons. The molecule has 1 atom stereocenters. The third-order valence-corrected chi connectivity index (χ3v) is 2.69. The minimum absolute atomic E-state index is 0.0408. The van der Waals surface area contributed by atoms with Crippen molar-refractivity contribution in [1.82, 2.24) is 0 Å². The summed E-state index contributed by atoms with van der Waals surface area (Å²) in [7, 11) is 0. The fraction of sp³-hybridized carbons (Fsp3) is 0.538. The Kier molecular flexibility index (Phi) is 5.75. The SMILES string of the molecule is Cc1cc(F)ccc1CC(N)CCOCC(F)(F)F. The Morgan fingerprint density at radius 1 is 1.32 bits per heavy atom. The van der Waals surface area contributed by atoms with Crippen LogP contribution in [0.25, 0.3) is 0 Å². The zero-order valence-corrected chi connectivity index (χ0v) is 10.6. The van der Waals surface area contributed by atoms with Gasteiger partial charge in [0.2, 0.25) is 0 Å². The highest BCUT2D eigenvalue weighted by Gasteiger charge is 2.27. The highest BCUT2D eigenvalue weighted by atomic mass is 19.4. The Morgan fingerprint density at radius 2 is 2.00 bits per heavy atom. The van der Waals surface area contributed by atoms with Gasteiger partial charge in [-0.1, -0.05) is 6.07 Å². The summed E-state index contributed by atoms with van der Waals surface area (Å²) in [5.41, 5.74) is 7.48. The second-order valence-corrected chi connectivity index (χ2v) is 4.49. The van der Waals surface area contributed by atoms with E-state index in [0.717, 1.165) is 11.1 Å². The molecule has 0 aliphatic rings. The van der Waals surface area contributed by atoms with Crippen molar-refractivity contribution in [3.05, 3.63) is 35.1 Å². The van der Waals surface area contributed by atoms with E-state index in [4.69, 9.17) is 5.73 Å². The first kappa shape index (κ1) is 15.9. The number of halogens is 4. The van der Waals surface area contributed by atoms with Crippen LogP contribution in [0.2, 0.25) is 0 Å². The second kappa shape index (κ2) is 6.86. The van der Waals surface area contributed by atoms with E-state index in [2.05, 4.69) is 4.74 Å². The van der Waals surface area contributed by atoms with Gasteiger partial charge >= 0.3 is 6.18 Å². The van der Waals surface area contributed by atoms with Gasteiger partial charge in [-0.15, -0.1) is 0 Å². The van der Waals surface area contributed by atoms with Crippen LogP contribution in [0.4, 0.5) is 17.6 Å². The van der Waals surface area contributed by atoms with Crippen LogP contribution in [0, 0.1) is 12.7 Å². The van der Waals surface area contributed by atoms with E-state index in [1.165, 1.54) is 12.1 Å². The van der Waals surface area contributed by atoms with Crippen molar-refractivity contribution < 1.29 is 22.3 Å². The Hall–Kier alpha value is -1.14. The molecule has 0 aliphatic heterocycles. The maximum Gasteiger partial charge on any atom is 0.411 e. The molecular formula is C13H17F4NO. The predicted octanol–water partition coefficient (Wildman–Crippen LogP) is 2.97. The maximum absolute atomic E-state index is 12.9. The molecular weight excluding hydrogens is 262 g/mol. The molecule has 1 unspecified atom stereocenters. The first-order valence-corrected chi connectivity index (χ1v) is 5.93. The van der Waals surface area contributed by atoms with Crippen LogP contribution in [0.15, 0.2) is 18.2 Å². The molecule has 0 amide bonds. The van der Waals surface area contributed by atoms with E-state index in [9.17, 15) is 17.6 Å². The van der Waals surface area contributed by atoms with Crippen molar-refractivity contribution in [2.75, 3.05) is 13.2 Å². The van der Waals surface area contributed by atoms with Crippen LogP contribution in [-0.4, -0.2) is 25.4 Å². The van der Waals surface area contributed by atoms with Gasteiger partial charge in [0, 0.05) is 12.6 Å². The average Bonchev–Trinajstić information content (AvgIpc) is 2.27. The van der Waals surface area contributed by atoms with Crippen LogP contribution in [0.5, 0.6) is 0 Å². The summed E-state index contributed by atoms with van der Waals surface area (Å²) >= 11 is 0. The molecule has 0 fully saturated rings. The van der Waals surface area contributed by atoms with Gasteiger partial charge in [-0.25, -0.2) is 4.39 Å². The van der Waals surface area contributed by atoms with Gasteiger partial charge in [0.15, 0.2) is 0 Å². The number of nitrogens with two attached hydrogens (primary N) is 1. The molecule has 0 spiro atoms. The topological polar surface area (TPSA) is 35.2 Å². The fourth-order valence-electron chi connectivity index (χ4n) is 1.70. The van der Waals surface area contributed by atoms with Gasteiger partial charge in [0.1, 0.15) is 12.4 Å². The monoisotopic (exact) mass is 279 g/mol. The third-order valence-electron chi connectivity index (χ3n) is 2.69. The van der Waals surface area contributed by atoms with Crippen LogP contribution >= 0.6 is 0 Å². The van der Waals surface area contributed by atoms with Gasteiger partial charge in [-0.05, 0) is 43.0 Å². The summed E-state index contributed by atoms with van der Waals surface area (Å²) in [5.74, 6) is -0.316. The molecule has 19 heavy (non-hydrogen) atoms. The number of benzene rings is 1. The van der Waals surface area contributed by atoms with Crippen molar-refractivity contribution >= 4 is 0 Å². The standard InChI is InChI=1S/C13H17F4NO/c1-9-6-11(14)3-2-10(9)7-12(18)4-5-19-8-13(15,16)17/h2-3,6,12H,4-5,7-8,18H2,1H3. The van der Waals surface area contributed by atoms with Gasteiger partial charge in [-0.2, -0.15) is 13.2 Å². The number of aryl methyl sites for hydroxylation is 1. The highest BCUT2D eigenvalue weighted by Crippen LogP contribution is 2.15. The van der Waals surface area contributed by atoms with Crippen molar-refractivity contribution in [3.8, 4) is 0 Å². The number of hydrogen-bond acceptors (Lipinski definition) is 2. The highest BCUT2D eigenvalue weighted by molar-refractivity contribution is 5.27. The minimum atomic E-state index is -4.31. The molecule has 6 heteroatoms. The van der Waals surface area contributed by atoms with Crippen LogP contribution in [0.1, 0.15) is 17.5 Å². The quantitative estimate of drug-likeness (QED) is 0.642. The number of alkyl halides is 3. The van der Waals surface area contributed by atoms with Gasteiger partial charge in [0.05, 0.1) is 0 Å². The Labute approximate surface area is 109 Å². The summed E-state index contributed by atoms with van der Waals surface area (Å²) in [4.78, 5) is 0. The zero-order chi connectivity index (χ0) is 14.5. The lowest BCUT2D eigenvalue weighted by atomic mass is 10.00. The smallest absolute Gasteiger partial charge is 0.372 e. The van der Waals surface area contributed by atoms with E-state index in [-0.39, 0.29) is 18.5 Å². The van der Waals surface area contributed by atoms with Gasteiger partial charge in [-0.3, -0.25) is 0 Å². The molecule has 2 nitrogen and oxygen atoms in total. The summed E-state index contributed by atoms with van der Waals surface area (Å²) < 4.78 is 52.9. The van der Waals surface area contributed by atoms with Crippen molar-refractivity contribution in [3.63, 3.8) is 0 Å². The van der Waals surface area contributed by atoms with Gasteiger partial charge in [0.25, 0.3) is 0 Å². The second-order valence-electron chi connectivity index (χ2n) is 4.49. The molecule has 0 saturated heterocycles. The van der Waals surface area contributed by atoms with E-state index >= 15 is 0 Å². The lowest BCUT2D eigenvalue weighted by molar-refractivity contribution is -0.174. The van der Waals surface area contributed by atoms with Crippen LogP contribution in [-0.2, 0) is 11.2 Å². The van der Waals surface area contributed by atoms with Crippen LogP contribution < -0.4 is 5.73 Å². The molecule has 0 aromatic heterocycles. The summed E-state index contributed by atoms with van der Waals surface area (Å²) in [6, 6.07) is 4.08. The first-order chi connectivity index (χ1) is 8.78. The predicted molar refractivity (Wildman–Crippen MR) is 64.3 cm³/mol. The van der Waals surface area contributed by atoms with E-state index in [0.29, 0.717) is 12.8 Å². The molecule has 1 rings (SSSR count). The summed E-state index contributed by atoms with van der Waals surface area (Å²) in [6.45, 7) is 0.474. The van der Waals surface area contributed by atoms with E-state index in [1.54, 1.807) is 13.0 Å². The van der Waals surface area contributed by atoms with Crippen molar-refractivity contribution in [1.29, 1.82) is 0 Å². The molecule has 1 aromatic rings. The molecule has 0 saturated carbocycles. The van der Waals surface area contributed by atoms with Crippen molar-refractivity contribution in [2.24, 2.45) is 5.73 Å². The number of rotatable bonds is 6. The minimum Gasteiger partial charge on any atom is -0.372 e. The van der Waals surface area contributed by atoms with Crippen molar-refractivity contribution in [2.45, 2.75) is 32.0 Å². The third kappa shape index (κ3) is 6.54. The lowest BCUT2D eigenvalue weighted by Gasteiger charge is -2.14. The fourth-order valence-corrected chi connectivity index (χ4v) is 1.70. The van der Waals surface area contributed by atoms with E-state index < -0.39 is 12.8 Å². The molecule has 2 N–H and O–H groups in total. The molecule has 0 aliphatic carbocycles. The Bertz CT molecular complexity index is 406.